The maximum absolute atomic E-state index is 5.07. The molecule has 0 radical (unpaired) electrons. The van der Waals surface area contributed by atoms with Gasteiger partial charge in [0, 0.05) is 12.1 Å². The first-order chi connectivity index (χ1) is 8.20. The van der Waals surface area contributed by atoms with Crippen LogP contribution < -0.4 is 10.1 Å². The third kappa shape index (κ3) is 2.52. The second kappa shape index (κ2) is 4.82. The Labute approximate surface area is 99.0 Å². The molecule has 2 aromatic heterocycles. The molecule has 0 saturated heterocycles. The van der Waals surface area contributed by atoms with Crippen LogP contribution >= 0.6 is 0 Å². The maximum Gasteiger partial charge on any atom is 0.223 e. The van der Waals surface area contributed by atoms with E-state index in [0.29, 0.717) is 18.2 Å². The van der Waals surface area contributed by atoms with Crippen LogP contribution in [-0.2, 0) is 6.54 Å². The average molecular weight is 234 g/mol. The topological polar surface area (TPSA) is 73.1 Å². The van der Waals surface area contributed by atoms with Crippen LogP contribution in [0.1, 0.15) is 17.0 Å². The molecule has 6 heteroatoms. The molecule has 90 valence electrons. The van der Waals surface area contributed by atoms with Crippen LogP contribution in [0.3, 0.4) is 0 Å². The SMILES string of the molecule is COc1cnc(NCc2c(C)noc2C)nc1. The monoisotopic (exact) mass is 234 g/mol. The highest BCUT2D eigenvalue weighted by molar-refractivity contribution is 5.31. The van der Waals surface area contributed by atoms with Crippen molar-refractivity contribution in [2.45, 2.75) is 20.4 Å². The standard InChI is InChI=1S/C11H14N4O2/c1-7-10(8(2)17-15-7)6-14-11-12-4-9(16-3)5-13-11/h4-5H,6H2,1-3H3,(H,12,13,14). The van der Waals surface area contributed by atoms with Gasteiger partial charge in [-0.05, 0) is 13.8 Å². The van der Waals surface area contributed by atoms with Crippen LogP contribution in [0.5, 0.6) is 5.75 Å². The highest BCUT2D eigenvalue weighted by Gasteiger charge is 2.08. The Bertz CT molecular complexity index is 473. The normalized spacial score (nSPS) is 10.3. The van der Waals surface area contributed by atoms with Gasteiger partial charge in [0.1, 0.15) is 5.76 Å². The summed E-state index contributed by atoms with van der Waals surface area (Å²) in [6.07, 6.45) is 3.23. The van der Waals surface area contributed by atoms with Gasteiger partial charge in [0.25, 0.3) is 0 Å². The second-order valence-electron chi connectivity index (χ2n) is 3.60. The lowest BCUT2D eigenvalue weighted by atomic mass is 10.2. The third-order valence-electron chi connectivity index (χ3n) is 2.47. The van der Waals surface area contributed by atoms with Gasteiger partial charge < -0.3 is 14.6 Å². The molecule has 2 aromatic rings. The van der Waals surface area contributed by atoms with E-state index in [4.69, 9.17) is 9.26 Å². The minimum absolute atomic E-state index is 0.547. The van der Waals surface area contributed by atoms with Gasteiger partial charge in [0.05, 0.1) is 25.2 Å². The first-order valence-electron chi connectivity index (χ1n) is 5.22. The van der Waals surface area contributed by atoms with Crippen LogP contribution in [0.4, 0.5) is 5.95 Å². The van der Waals surface area contributed by atoms with Crippen molar-refractivity contribution in [3.8, 4) is 5.75 Å². The van der Waals surface area contributed by atoms with Crippen molar-refractivity contribution in [1.82, 2.24) is 15.1 Å². The number of nitrogens with zero attached hydrogens (tertiary/aromatic N) is 3. The summed E-state index contributed by atoms with van der Waals surface area (Å²) in [4.78, 5) is 8.22. The number of hydrogen-bond acceptors (Lipinski definition) is 6. The van der Waals surface area contributed by atoms with Gasteiger partial charge in [-0.15, -0.1) is 0 Å². The third-order valence-corrected chi connectivity index (χ3v) is 2.47. The molecular weight excluding hydrogens is 220 g/mol. The lowest BCUT2D eigenvalue weighted by Gasteiger charge is -2.04. The van der Waals surface area contributed by atoms with Gasteiger partial charge in [0.15, 0.2) is 5.75 Å². The van der Waals surface area contributed by atoms with Crippen molar-refractivity contribution in [3.05, 3.63) is 29.4 Å². The van der Waals surface area contributed by atoms with Gasteiger partial charge in [-0.3, -0.25) is 0 Å². The number of hydrogen-bond donors (Lipinski definition) is 1. The summed E-state index contributed by atoms with van der Waals surface area (Å²) in [7, 11) is 1.58. The summed E-state index contributed by atoms with van der Waals surface area (Å²) in [6.45, 7) is 4.38. The molecule has 6 nitrogen and oxygen atoms in total. The smallest absolute Gasteiger partial charge is 0.223 e. The lowest BCUT2D eigenvalue weighted by molar-refractivity contribution is 0.392. The van der Waals surface area contributed by atoms with Crippen LogP contribution in [0.2, 0.25) is 0 Å². The van der Waals surface area contributed by atoms with E-state index in [0.717, 1.165) is 17.0 Å². The van der Waals surface area contributed by atoms with Crippen LogP contribution in [0.25, 0.3) is 0 Å². The quantitative estimate of drug-likeness (QED) is 0.868. The zero-order valence-electron chi connectivity index (χ0n) is 10.0. The van der Waals surface area contributed by atoms with Crippen LogP contribution in [0, 0.1) is 13.8 Å². The van der Waals surface area contributed by atoms with Crippen molar-refractivity contribution in [2.24, 2.45) is 0 Å². The maximum atomic E-state index is 5.07. The molecule has 0 unspecified atom stereocenters. The summed E-state index contributed by atoms with van der Waals surface area (Å²) >= 11 is 0. The molecule has 17 heavy (non-hydrogen) atoms. The Balaban J connectivity index is 2.02. The van der Waals surface area contributed by atoms with E-state index in [2.05, 4.69) is 20.4 Å². The highest BCUT2D eigenvalue weighted by Crippen LogP contribution is 2.14. The van der Waals surface area contributed by atoms with Gasteiger partial charge in [-0.1, -0.05) is 5.16 Å². The summed E-state index contributed by atoms with van der Waals surface area (Å²) in [6, 6.07) is 0. The summed E-state index contributed by atoms with van der Waals surface area (Å²) in [5.74, 6) is 1.99. The van der Waals surface area contributed by atoms with E-state index >= 15 is 0 Å². The molecule has 0 aliphatic carbocycles. The Morgan fingerprint density at radius 3 is 2.53 bits per heavy atom. The molecular formula is C11H14N4O2. The van der Waals surface area contributed by atoms with E-state index in [1.54, 1.807) is 19.5 Å². The molecule has 0 amide bonds. The molecule has 2 rings (SSSR count). The molecule has 0 aliphatic heterocycles. The van der Waals surface area contributed by atoms with E-state index < -0.39 is 0 Å². The number of nitrogens with one attached hydrogen (secondary N) is 1. The van der Waals surface area contributed by atoms with Gasteiger partial charge in [-0.25, -0.2) is 9.97 Å². The number of anilines is 1. The van der Waals surface area contributed by atoms with E-state index in [1.165, 1.54) is 0 Å². The molecule has 2 heterocycles. The zero-order valence-corrected chi connectivity index (χ0v) is 10.0. The Morgan fingerprint density at radius 1 is 1.29 bits per heavy atom. The first kappa shape index (κ1) is 11.4. The van der Waals surface area contributed by atoms with Crippen molar-refractivity contribution in [2.75, 3.05) is 12.4 Å². The van der Waals surface area contributed by atoms with Crippen molar-refractivity contribution < 1.29 is 9.26 Å². The Hall–Kier alpha value is -2.11. The predicted molar refractivity (Wildman–Crippen MR) is 61.9 cm³/mol. The molecule has 0 aromatic carbocycles. The molecule has 1 N–H and O–H groups in total. The summed E-state index contributed by atoms with van der Waals surface area (Å²) in [5, 5.41) is 6.98. The zero-order chi connectivity index (χ0) is 12.3. The first-order valence-corrected chi connectivity index (χ1v) is 5.22. The van der Waals surface area contributed by atoms with E-state index in [1.807, 2.05) is 13.8 Å². The number of rotatable bonds is 4. The van der Waals surface area contributed by atoms with Gasteiger partial charge in [0.2, 0.25) is 5.95 Å². The lowest BCUT2D eigenvalue weighted by Crippen LogP contribution is -2.04. The predicted octanol–water partition coefficient (Wildman–Crippen LogP) is 1.70. The molecule has 0 saturated carbocycles. The summed E-state index contributed by atoms with van der Waals surface area (Å²) < 4.78 is 10.0. The fourth-order valence-electron chi connectivity index (χ4n) is 1.43. The van der Waals surface area contributed by atoms with Crippen molar-refractivity contribution in [1.29, 1.82) is 0 Å². The van der Waals surface area contributed by atoms with Crippen molar-refractivity contribution >= 4 is 5.95 Å². The molecule has 0 bridgehead atoms. The fraction of sp³-hybridized carbons (Fsp3) is 0.364. The number of methoxy groups -OCH3 is 1. The minimum atomic E-state index is 0.547. The van der Waals surface area contributed by atoms with Crippen LogP contribution in [-0.4, -0.2) is 22.2 Å². The van der Waals surface area contributed by atoms with Gasteiger partial charge in [-0.2, -0.15) is 0 Å². The number of ether oxygens (including phenoxy) is 1. The fourth-order valence-corrected chi connectivity index (χ4v) is 1.43. The minimum Gasteiger partial charge on any atom is -0.494 e. The summed E-state index contributed by atoms with van der Waals surface area (Å²) in [5.41, 5.74) is 1.91. The second-order valence-corrected chi connectivity index (χ2v) is 3.60. The Kier molecular flexibility index (Phi) is 3.22. The molecule has 0 aliphatic rings. The molecule has 0 fully saturated rings. The molecule has 0 spiro atoms. The number of aromatic nitrogens is 3. The highest BCUT2D eigenvalue weighted by atomic mass is 16.5. The van der Waals surface area contributed by atoms with Crippen molar-refractivity contribution in [3.63, 3.8) is 0 Å². The number of aryl methyl sites for hydroxylation is 2. The van der Waals surface area contributed by atoms with E-state index in [-0.39, 0.29) is 0 Å². The largest absolute Gasteiger partial charge is 0.494 e. The Morgan fingerprint density at radius 2 is 2.00 bits per heavy atom. The molecule has 0 atom stereocenters. The van der Waals surface area contributed by atoms with E-state index in [9.17, 15) is 0 Å². The van der Waals surface area contributed by atoms with Gasteiger partial charge >= 0.3 is 0 Å². The average Bonchev–Trinajstić information content (AvgIpc) is 2.67. The van der Waals surface area contributed by atoms with Crippen LogP contribution in [0.15, 0.2) is 16.9 Å².